The van der Waals surface area contributed by atoms with Gasteiger partial charge in [-0.15, -0.1) is 0 Å². The Morgan fingerprint density at radius 3 is 2.45 bits per heavy atom. The normalized spacial score (nSPS) is 15.2. The van der Waals surface area contributed by atoms with Crippen molar-refractivity contribution in [3.63, 3.8) is 0 Å². The number of halogens is 6. The van der Waals surface area contributed by atoms with Gasteiger partial charge in [-0.1, -0.05) is 11.6 Å². The molecule has 0 fully saturated rings. The van der Waals surface area contributed by atoms with Crippen molar-refractivity contribution >= 4 is 34.8 Å². The predicted molar refractivity (Wildman–Crippen MR) is 111 cm³/mol. The van der Waals surface area contributed by atoms with Crippen molar-refractivity contribution in [3.8, 4) is 0 Å². The first kappa shape index (κ1) is 22.5. The summed E-state index contributed by atoms with van der Waals surface area (Å²) in [5.41, 5.74) is 4.36. The number of alkyl halides is 3. The van der Waals surface area contributed by atoms with Crippen LogP contribution in [0, 0.1) is 11.6 Å². The van der Waals surface area contributed by atoms with Gasteiger partial charge in [-0.2, -0.15) is 13.2 Å². The van der Waals surface area contributed by atoms with Crippen molar-refractivity contribution in [2.24, 2.45) is 0 Å². The molecule has 1 aliphatic heterocycles. The highest BCUT2D eigenvalue weighted by atomic mass is 35.5. The van der Waals surface area contributed by atoms with E-state index < -0.39 is 46.8 Å². The molecular formula is C22H13ClF5N3O2. The van der Waals surface area contributed by atoms with Gasteiger partial charge in [0.15, 0.2) is 0 Å². The van der Waals surface area contributed by atoms with E-state index in [4.69, 9.17) is 17.3 Å². The van der Waals surface area contributed by atoms with Crippen molar-refractivity contribution in [1.82, 2.24) is 5.32 Å². The van der Waals surface area contributed by atoms with Crippen molar-refractivity contribution in [2.75, 3.05) is 11.1 Å². The lowest BCUT2D eigenvalue weighted by Gasteiger charge is -2.18. The number of hydrogen-bond donors (Lipinski definition) is 3. The zero-order valence-corrected chi connectivity index (χ0v) is 17.1. The molecule has 0 bridgehead atoms. The van der Waals surface area contributed by atoms with Gasteiger partial charge in [0.05, 0.1) is 11.6 Å². The van der Waals surface area contributed by atoms with E-state index in [1.54, 1.807) is 0 Å². The largest absolute Gasteiger partial charge is 0.416 e. The monoisotopic (exact) mass is 481 g/mol. The zero-order chi connectivity index (χ0) is 24.1. The number of fused-ring (bicyclic) bond motifs is 1. The first-order chi connectivity index (χ1) is 15.4. The molecule has 1 unspecified atom stereocenters. The highest BCUT2D eigenvalue weighted by Crippen LogP contribution is 2.40. The summed E-state index contributed by atoms with van der Waals surface area (Å²) in [5, 5.41) is 5.12. The zero-order valence-electron chi connectivity index (χ0n) is 16.4. The van der Waals surface area contributed by atoms with Gasteiger partial charge in [0.2, 0.25) is 0 Å². The molecular weight excluding hydrogens is 469 g/mol. The Morgan fingerprint density at radius 2 is 1.76 bits per heavy atom. The Bertz CT molecular complexity index is 1310. The van der Waals surface area contributed by atoms with E-state index in [-0.39, 0.29) is 39.2 Å². The maximum atomic E-state index is 13.9. The first-order valence-electron chi connectivity index (χ1n) is 9.32. The van der Waals surface area contributed by atoms with Crippen LogP contribution in [0.2, 0.25) is 5.02 Å². The summed E-state index contributed by atoms with van der Waals surface area (Å²) in [6.45, 7) is 0. The predicted octanol–water partition coefficient (Wildman–Crippen LogP) is 5.30. The molecule has 33 heavy (non-hydrogen) atoms. The van der Waals surface area contributed by atoms with Crippen molar-refractivity contribution < 1.29 is 31.5 Å². The molecule has 0 saturated carbocycles. The first-order valence-corrected chi connectivity index (χ1v) is 9.70. The summed E-state index contributed by atoms with van der Waals surface area (Å²) in [5.74, 6) is -3.54. The molecule has 2 amide bonds. The van der Waals surface area contributed by atoms with E-state index in [1.807, 2.05) is 0 Å². The van der Waals surface area contributed by atoms with Crippen LogP contribution < -0.4 is 16.4 Å². The molecule has 1 heterocycles. The summed E-state index contributed by atoms with van der Waals surface area (Å²) in [6, 6.07) is 6.54. The van der Waals surface area contributed by atoms with Crippen LogP contribution in [-0.4, -0.2) is 11.8 Å². The standard InChI is InChI=1S/C22H13ClF5N3O2/c23-16-2-1-11(24)6-14(16)19-18-15(21(33)31-19)7-13(29)8-17(18)30-20(32)9-3-10(22(26,27)28)5-12(25)4-9/h1-8,19H,29H2,(H,30,32)(H,31,33). The van der Waals surface area contributed by atoms with Gasteiger partial charge >= 0.3 is 6.18 Å². The van der Waals surface area contributed by atoms with Gasteiger partial charge < -0.3 is 16.4 Å². The fourth-order valence-electron chi connectivity index (χ4n) is 3.61. The number of amides is 2. The third-order valence-corrected chi connectivity index (χ3v) is 5.36. The molecule has 11 heteroatoms. The van der Waals surface area contributed by atoms with Gasteiger partial charge in [0, 0.05) is 38.7 Å². The minimum absolute atomic E-state index is 0.0310. The minimum atomic E-state index is -4.87. The molecule has 0 aliphatic carbocycles. The summed E-state index contributed by atoms with van der Waals surface area (Å²) in [7, 11) is 0. The Morgan fingerprint density at radius 1 is 1.03 bits per heavy atom. The Balaban J connectivity index is 1.79. The lowest BCUT2D eigenvalue weighted by Crippen LogP contribution is -2.21. The van der Waals surface area contributed by atoms with Crippen molar-refractivity contribution in [2.45, 2.75) is 12.2 Å². The van der Waals surface area contributed by atoms with E-state index in [9.17, 15) is 31.5 Å². The number of rotatable bonds is 3. The summed E-state index contributed by atoms with van der Waals surface area (Å²) in [4.78, 5) is 25.2. The lowest BCUT2D eigenvalue weighted by atomic mass is 9.95. The molecule has 5 nitrogen and oxygen atoms in total. The molecule has 1 aliphatic rings. The second kappa shape index (κ2) is 8.04. The molecule has 0 saturated heterocycles. The molecule has 0 radical (unpaired) electrons. The van der Waals surface area contributed by atoms with Crippen LogP contribution >= 0.6 is 11.6 Å². The Hall–Kier alpha value is -3.66. The third kappa shape index (κ3) is 4.34. The summed E-state index contributed by atoms with van der Waals surface area (Å²) >= 11 is 6.18. The molecule has 3 aromatic carbocycles. The minimum Gasteiger partial charge on any atom is -0.399 e. The summed E-state index contributed by atoms with van der Waals surface area (Å²) < 4.78 is 66.7. The SMILES string of the molecule is Nc1cc(NC(=O)c2cc(F)cc(C(F)(F)F)c2)c2c(c1)C(=O)NC2c1cc(F)ccc1Cl. The highest BCUT2D eigenvalue weighted by molar-refractivity contribution is 6.31. The van der Waals surface area contributed by atoms with E-state index in [0.29, 0.717) is 12.1 Å². The van der Waals surface area contributed by atoms with Crippen LogP contribution in [0.3, 0.4) is 0 Å². The number of carbonyl (C=O) groups is 2. The van der Waals surface area contributed by atoms with Crippen LogP contribution in [0.4, 0.5) is 33.3 Å². The number of nitrogens with two attached hydrogens (primary N) is 1. The smallest absolute Gasteiger partial charge is 0.399 e. The molecule has 4 rings (SSSR count). The lowest BCUT2D eigenvalue weighted by molar-refractivity contribution is -0.137. The fraction of sp³-hybridized carbons (Fsp3) is 0.0909. The van der Waals surface area contributed by atoms with Crippen LogP contribution in [0.25, 0.3) is 0 Å². The number of nitrogen functional groups attached to an aromatic ring is 1. The highest BCUT2D eigenvalue weighted by Gasteiger charge is 2.35. The number of hydrogen-bond acceptors (Lipinski definition) is 3. The quantitative estimate of drug-likeness (QED) is 0.350. The molecule has 4 N–H and O–H groups in total. The maximum absolute atomic E-state index is 13.9. The van der Waals surface area contributed by atoms with Gasteiger partial charge in [-0.05, 0) is 48.5 Å². The second-order valence-corrected chi connectivity index (χ2v) is 7.69. The maximum Gasteiger partial charge on any atom is 0.416 e. The summed E-state index contributed by atoms with van der Waals surface area (Å²) in [6.07, 6.45) is -4.87. The van der Waals surface area contributed by atoms with Gasteiger partial charge in [0.1, 0.15) is 11.6 Å². The molecule has 170 valence electrons. The van der Waals surface area contributed by atoms with Crippen LogP contribution in [0.1, 0.15) is 43.4 Å². The average Bonchev–Trinajstić information content (AvgIpc) is 3.05. The number of benzene rings is 3. The van der Waals surface area contributed by atoms with Crippen molar-refractivity contribution in [1.29, 1.82) is 0 Å². The molecule has 0 aromatic heterocycles. The molecule has 0 spiro atoms. The number of carbonyl (C=O) groups excluding carboxylic acids is 2. The van der Waals surface area contributed by atoms with Crippen LogP contribution in [-0.2, 0) is 6.18 Å². The van der Waals surface area contributed by atoms with E-state index in [1.165, 1.54) is 18.2 Å². The Labute approximate surface area is 188 Å². The van der Waals surface area contributed by atoms with Crippen LogP contribution in [0.15, 0.2) is 48.5 Å². The number of nitrogens with one attached hydrogen (secondary N) is 2. The number of anilines is 2. The molecule has 3 aromatic rings. The van der Waals surface area contributed by atoms with E-state index in [2.05, 4.69) is 10.6 Å². The topological polar surface area (TPSA) is 84.2 Å². The third-order valence-electron chi connectivity index (χ3n) is 5.02. The van der Waals surface area contributed by atoms with E-state index in [0.717, 1.165) is 12.1 Å². The van der Waals surface area contributed by atoms with Gasteiger partial charge in [-0.25, -0.2) is 8.78 Å². The fourth-order valence-corrected chi connectivity index (χ4v) is 3.83. The molecule has 1 atom stereocenters. The van der Waals surface area contributed by atoms with E-state index >= 15 is 0 Å². The van der Waals surface area contributed by atoms with Gasteiger partial charge in [0.25, 0.3) is 11.8 Å². The average molecular weight is 482 g/mol. The van der Waals surface area contributed by atoms with Crippen LogP contribution in [0.5, 0.6) is 0 Å². The second-order valence-electron chi connectivity index (χ2n) is 7.28. The van der Waals surface area contributed by atoms with Gasteiger partial charge in [-0.3, -0.25) is 9.59 Å². The van der Waals surface area contributed by atoms with Crippen molar-refractivity contribution in [3.05, 3.63) is 93.0 Å². The Kier molecular flexibility index (Phi) is 5.49.